The first-order valence-electron chi connectivity index (χ1n) is 4.32. The van der Waals surface area contributed by atoms with Crippen molar-refractivity contribution in [2.45, 2.75) is 18.6 Å². The zero-order chi connectivity index (χ0) is 12.3. The summed E-state index contributed by atoms with van der Waals surface area (Å²) in [6.07, 6.45) is -3.67. The van der Waals surface area contributed by atoms with Gasteiger partial charge in [-0.1, -0.05) is 0 Å². The van der Waals surface area contributed by atoms with Crippen molar-refractivity contribution in [3.8, 4) is 0 Å². The van der Waals surface area contributed by atoms with Gasteiger partial charge in [-0.05, 0) is 11.4 Å². The quantitative estimate of drug-likeness (QED) is 0.594. The van der Waals surface area contributed by atoms with Gasteiger partial charge in [-0.25, -0.2) is 4.79 Å². The fraction of sp³-hybridized carbons (Fsp3) is 0.333. The summed E-state index contributed by atoms with van der Waals surface area (Å²) in [4.78, 5) is 21.0. The highest BCUT2D eigenvalue weighted by Gasteiger charge is 2.26. The normalized spacial score (nSPS) is 14.4. The molecule has 16 heavy (non-hydrogen) atoms. The Morgan fingerprint density at radius 2 is 1.94 bits per heavy atom. The number of aliphatic carboxylic acids is 1. The van der Waals surface area contributed by atoms with E-state index in [4.69, 9.17) is 10.2 Å². The number of aliphatic hydroxyl groups is 2. The fourth-order valence-corrected chi connectivity index (χ4v) is 2.00. The lowest BCUT2D eigenvalue weighted by Crippen LogP contribution is -2.22. The monoisotopic (exact) mass is 246 g/mol. The van der Waals surface area contributed by atoms with E-state index >= 15 is 0 Å². The molecule has 1 rings (SSSR count). The molecule has 7 heteroatoms. The van der Waals surface area contributed by atoms with Gasteiger partial charge in [0.2, 0.25) is 0 Å². The summed E-state index contributed by atoms with van der Waals surface area (Å²) in [7, 11) is 0. The van der Waals surface area contributed by atoms with Gasteiger partial charge in [-0.2, -0.15) is 0 Å². The van der Waals surface area contributed by atoms with Gasteiger partial charge in [0.15, 0.2) is 0 Å². The van der Waals surface area contributed by atoms with Crippen molar-refractivity contribution in [2.75, 3.05) is 0 Å². The molecule has 6 nitrogen and oxygen atoms in total. The van der Waals surface area contributed by atoms with E-state index in [1.807, 2.05) is 0 Å². The van der Waals surface area contributed by atoms with Crippen molar-refractivity contribution in [3.05, 3.63) is 21.9 Å². The Morgan fingerprint density at radius 3 is 2.44 bits per heavy atom. The first-order valence-corrected chi connectivity index (χ1v) is 5.20. The Balaban J connectivity index is 2.87. The number of rotatable bonds is 5. The summed E-state index contributed by atoms with van der Waals surface area (Å²) in [6, 6.07) is 1.35. The number of thiophene rings is 1. The van der Waals surface area contributed by atoms with Gasteiger partial charge in [0, 0.05) is 5.56 Å². The highest BCUT2D eigenvalue weighted by molar-refractivity contribution is 7.12. The van der Waals surface area contributed by atoms with Gasteiger partial charge in [0.1, 0.15) is 11.0 Å². The molecule has 1 aromatic heterocycles. The average Bonchev–Trinajstić information content (AvgIpc) is 2.63. The van der Waals surface area contributed by atoms with Gasteiger partial charge in [-0.15, -0.1) is 11.3 Å². The maximum absolute atomic E-state index is 10.7. The summed E-state index contributed by atoms with van der Waals surface area (Å²) in [5, 5.41) is 37.6. The van der Waals surface area contributed by atoms with Crippen molar-refractivity contribution in [1.82, 2.24) is 0 Å². The molecule has 0 fully saturated rings. The standard InChI is InChI=1S/C9H10O6S/c10-5(3-6(11)12)7(13)4-1-2-16-8(4)9(14)15/h1-2,5,7,10,13H,3H2,(H,11,12)(H,14,15). The lowest BCUT2D eigenvalue weighted by molar-refractivity contribution is -0.141. The molecule has 2 unspecified atom stereocenters. The third-order valence-corrected chi connectivity index (χ3v) is 2.87. The molecule has 1 aromatic rings. The lowest BCUT2D eigenvalue weighted by Gasteiger charge is -2.15. The van der Waals surface area contributed by atoms with Gasteiger partial charge < -0.3 is 20.4 Å². The van der Waals surface area contributed by atoms with E-state index in [-0.39, 0.29) is 10.4 Å². The highest BCUT2D eigenvalue weighted by atomic mass is 32.1. The second-order valence-corrected chi connectivity index (χ2v) is 4.04. The zero-order valence-corrected chi connectivity index (χ0v) is 8.85. The van der Waals surface area contributed by atoms with E-state index in [1.165, 1.54) is 11.4 Å². The smallest absolute Gasteiger partial charge is 0.346 e. The summed E-state index contributed by atoms with van der Waals surface area (Å²) in [5.41, 5.74) is 0.0336. The molecule has 0 saturated carbocycles. The molecule has 0 aliphatic heterocycles. The molecule has 4 N–H and O–H groups in total. The minimum atomic E-state index is -1.52. The van der Waals surface area contributed by atoms with Gasteiger partial charge in [-0.3, -0.25) is 4.79 Å². The van der Waals surface area contributed by atoms with Crippen LogP contribution in [0.4, 0.5) is 0 Å². The number of carboxylic acid groups (broad SMARTS) is 2. The topological polar surface area (TPSA) is 115 Å². The minimum absolute atomic E-state index is 0.0336. The van der Waals surface area contributed by atoms with Crippen LogP contribution < -0.4 is 0 Å². The Hall–Kier alpha value is -1.44. The second kappa shape index (κ2) is 5.06. The predicted molar refractivity (Wildman–Crippen MR) is 54.5 cm³/mol. The number of aromatic carboxylic acids is 1. The number of hydrogen-bond donors (Lipinski definition) is 4. The largest absolute Gasteiger partial charge is 0.481 e. The zero-order valence-electron chi connectivity index (χ0n) is 8.03. The van der Waals surface area contributed by atoms with E-state index in [1.54, 1.807) is 0 Å². The van der Waals surface area contributed by atoms with Gasteiger partial charge >= 0.3 is 11.9 Å². The molecule has 0 aromatic carbocycles. The van der Waals surface area contributed by atoms with Crippen molar-refractivity contribution >= 4 is 23.3 Å². The molecule has 1 heterocycles. The van der Waals surface area contributed by atoms with E-state index in [0.717, 1.165) is 11.3 Å². The Kier molecular flexibility index (Phi) is 3.99. The average molecular weight is 246 g/mol. The molecule has 2 atom stereocenters. The third-order valence-electron chi connectivity index (χ3n) is 1.96. The van der Waals surface area contributed by atoms with E-state index in [0.29, 0.717) is 0 Å². The molecular formula is C9H10O6S. The van der Waals surface area contributed by atoms with Crippen LogP contribution in [-0.4, -0.2) is 38.5 Å². The lowest BCUT2D eigenvalue weighted by atomic mass is 10.0. The Morgan fingerprint density at radius 1 is 1.31 bits per heavy atom. The van der Waals surface area contributed by atoms with Crippen LogP contribution in [0.25, 0.3) is 0 Å². The Bertz CT molecular complexity index is 398. The molecule has 0 amide bonds. The van der Waals surface area contributed by atoms with E-state index in [2.05, 4.69) is 0 Å². The minimum Gasteiger partial charge on any atom is -0.481 e. The van der Waals surface area contributed by atoms with Gasteiger partial charge in [0.25, 0.3) is 0 Å². The highest BCUT2D eigenvalue weighted by Crippen LogP contribution is 2.26. The maximum Gasteiger partial charge on any atom is 0.346 e. The third kappa shape index (κ3) is 2.78. The fourth-order valence-electron chi connectivity index (χ4n) is 1.22. The van der Waals surface area contributed by atoms with Crippen LogP contribution in [0.5, 0.6) is 0 Å². The summed E-state index contributed by atoms with van der Waals surface area (Å²) >= 11 is 0.904. The molecule has 0 saturated heterocycles. The van der Waals surface area contributed by atoms with Crippen molar-refractivity contribution in [3.63, 3.8) is 0 Å². The van der Waals surface area contributed by atoms with Crippen LogP contribution in [0.1, 0.15) is 27.8 Å². The first kappa shape index (κ1) is 12.6. The molecule has 88 valence electrons. The van der Waals surface area contributed by atoms with Crippen LogP contribution in [0.15, 0.2) is 11.4 Å². The van der Waals surface area contributed by atoms with Crippen molar-refractivity contribution < 1.29 is 30.0 Å². The number of carboxylic acids is 2. The molecule has 0 bridgehead atoms. The van der Waals surface area contributed by atoms with Crippen LogP contribution in [-0.2, 0) is 4.79 Å². The number of aliphatic hydroxyl groups excluding tert-OH is 2. The SMILES string of the molecule is O=C(O)CC(O)C(O)c1ccsc1C(=O)O. The van der Waals surface area contributed by atoms with E-state index in [9.17, 15) is 19.8 Å². The summed E-state index contributed by atoms with van der Waals surface area (Å²) < 4.78 is 0. The van der Waals surface area contributed by atoms with Crippen LogP contribution in [0.3, 0.4) is 0 Å². The van der Waals surface area contributed by atoms with Crippen molar-refractivity contribution in [1.29, 1.82) is 0 Å². The van der Waals surface area contributed by atoms with Crippen molar-refractivity contribution in [2.24, 2.45) is 0 Å². The first-order chi connectivity index (χ1) is 7.43. The van der Waals surface area contributed by atoms with Crippen LogP contribution in [0.2, 0.25) is 0 Å². The maximum atomic E-state index is 10.7. The summed E-state index contributed by atoms with van der Waals surface area (Å²) in [5.74, 6) is -2.48. The van der Waals surface area contributed by atoms with E-state index < -0.39 is 30.6 Å². The molecular weight excluding hydrogens is 236 g/mol. The number of carbonyl (C=O) groups is 2. The number of hydrogen-bond acceptors (Lipinski definition) is 5. The molecule has 0 radical (unpaired) electrons. The van der Waals surface area contributed by atoms with Crippen LogP contribution >= 0.6 is 11.3 Å². The predicted octanol–water partition coefficient (Wildman–Crippen LogP) is 0.315. The second-order valence-electron chi connectivity index (χ2n) is 3.12. The van der Waals surface area contributed by atoms with Gasteiger partial charge in [0.05, 0.1) is 12.5 Å². The molecule has 0 aliphatic rings. The Labute approximate surface area is 94.4 Å². The van der Waals surface area contributed by atoms with Crippen LogP contribution in [0, 0.1) is 0 Å². The molecule has 0 spiro atoms. The molecule has 0 aliphatic carbocycles. The summed E-state index contributed by atoms with van der Waals surface area (Å²) in [6.45, 7) is 0.